The van der Waals surface area contributed by atoms with Crippen LogP contribution in [0, 0.1) is 0 Å². The molecule has 1 amide bonds. The van der Waals surface area contributed by atoms with Crippen LogP contribution in [0.5, 0.6) is 0 Å². The van der Waals surface area contributed by atoms with Gasteiger partial charge in [0.15, 0.2) is 5.58 Å². The highest BCUT2D eigenvalue weighted by atomic mass is 16.6. The predicted octanol–water partition coefficient (Wildman–Crippen LogP) is 6.65. The van der Waals surface area contributed by atoms with Gasteiger partial charge in [0.2, 0.25) is 5.43 Å². The first-order chi connectivity index (χ1) is 18.1. The van der Waals surface area contributed by atoms with Gasteiger partial charge in [-0.15, -0.1) is 0 Å². The molecule has 4 N–H and O–H groups in total. The van der Waals surface area contributed by atoms with Crippen LogP contribution >= 0.6 is 0 Å². The van der Waals surface area contributed by atoms with Crippen LogP contribution in [0.15, 0.2) is 75.9 Å². The number of carbonyl (C=O) groups is 1. The topological polar surface area (TPSA) is 107 Å². The van der Waals surface area contributed by atoms with E-state index in [-0.39, 0.29) is 5.43 Å². The van der Waals surface area contributed by atoms with Gasteiger partial charge in [-0.2, -0.15) is 0 Å². The zero-order valence-corrected chi connectivity index (χ0v) is 22.2. The van der Waals surface area contributed by atoms with Crippen molar-refractivity contribution in [3.05, 3.63) is 82.5 Å². The van der Waals surface area contributed by atoms with Crippen molar-refractivity contribution in [3.63, 3.8) is 0 Å². The smallest absolute Gasteiger partial charge is 0.408 e. The Hall–Kier alpha value is -4.26. The average Bonchev–Trinajstić information content (AvgIpc) is 2.86. The Bertz CT molecular complexity index is 1550. The van der Waals surface area contributed by atoms with Crippen LogP contribution in [0.2, 0.25) is 0 Å². The van der Waals surface area contributed by atoms with Gasteiger partial charge in [0, 0.05) is 12.6 Å². The van der Waals surface area contributed by atoms with Crippen LogP contribution in [0.3, 0.4) is 0 Å². The fourth-order valence-electron chi connectivity index (χ4n) is 5.06. The molecule has 5 rings (SSSR count). The number of benzene rings is 3. The van der Waals surface area contributed by atoms with Crippen LogP contribution in [0.25, 0.3) is 33.4 Å². The summed E-state index contributed by atoms with van der Waals surface area (Å²) >= 11 is 0. The Labute approximate surface area is 222 Å². The van der Waals surface area contributed by atoms with Crippen LogP contribution in [0.4, 0.5) is 16.2 Å². The SMILES string of the molecule is CNc1c(N)ccc2c(=O)c(-c3ccc(C4(NC(=O)OC(C)(C)C)CCC4)cc3)c(-c3ccccc3)oc12. The number of carbonyl (C=O) groups excluding carboxylic acids is 1. The lowest BCUT2D eigenvalue weighted by Crippen LogP contribution is -2.52. The first kappa shape index (κ1) is 25.4. The second-order valence-electron chi connectivity index (χ2n) is 10.8. The van der Waals surface area contributed by atoms with E-state index in [0.717, 1.165) is 36.0 Å². The number of fused-ring (bicyclic) bond motifs is 1. The molecule has 1 aliphatic rings. The lowest BCUT2D eigenvalue weighted by molar-refractivity contribution is 0.0377. The minimum absolute atomic E-state index is 0.139. The Balaban J connectivity index is 1.61. The van der Waals surface area contributed by atoms with E-state index in [1.807, 2.05) is 75.4 Å². The molecular weight excluding hydrogens is 478 g/mol. The summed E-state index contributed by atoms with van der Waals surface area (Å²) < 4.78 is 11.9. The summed E-state index contributed by atoms with van der Waals surface area (Å²) in [7, 11) is 1.75. The fraction of sp³-hybridized carbons (Fsp3) is 0.290. The van der Waals surface area contributed by atoms with Crippen molar-refractivity contribution in [1.82, 2.24) is 5.32 Å². The van der Waals surface area contributed by atoms with Gasteiger partial charge in [0.25, 0.3) is 0 Å². The summed E-state index contributed by atoms with van der Waals surface area (Å²) in [5, 5.41) is 6.61. The van der Waals surface area contributed by atoms with Gasteiger partial charge in [-0.1, -0.05) is 54.6 Å². The third-order valence-corrected chi connectivity index (χ3v) is 7.05. The molecule has 196 valence electrons. The van der Waals surface area contributed by atoms with E-state index in [1.54, 1.807) is 19.2 Å². The molecule has 1 aliphatic carbocycles. The Morgan fingerprint density at radius 1 is 0.974 bits per heavy atom. The molecule has 38 heavy (non-hydrogen) atoms. The molecule has 0 bridgehead atoms. The molecule has 4 aromatic rings. The molecule has 1 saturated carbocycles. The molecule has 0 atom stereocenters. The number of ether oxygens (including phenoxy) is 1. The van der Waals surface area contributed by atoms with Crippen LogP contribution in [-0.4, -0.2) is 18.7 Å². The van der Waals surface area contributed by atoms with Crippen LogP contribution < -0.4 is 21.8 Å². The maximum atomic E-state index is 13.9. The summed E-state index contributed by atoms with van der Waals surface area (Å²) in [6.45, 7) is 5.55. The first-order valence-electron chi connectivity index (χ1n) is 12.9. The maximum absolute atomic E-state index is 13.9. The minimum atomic E-state index is -0.575. The molecule has 0 saturated heterocycles. The van der Waals surface area contributed by atoms with E-state index in [4.69, 9.17) is 14.9 Å². The van der Waals surface area contributed by atoms with Gasteiger partial charge in [-0.3, -0.25) is 4.79 Å². The van der Waals surface area contributed by atoms with Crippen LogP contribution in [0.1, 0.15) is 45.6 Å². The average molecular weight is 512 g/mol. The number of rotatable bonds is 5. The van der Waals surface area contributed by atoms with Crippen molar-refractivity contribution >= 4 is 28.4 Å². The van der Waals surface area contributed by atoms with Crippen molar-refractivity contribution in [3.8, 4) is 22.5 Å². The molecule has 0 aliphatic heterocycles. The van der Waals surface area contributed by atoms with E-state index in [9.17, 15) is 9.59 Å². The lowest BCUT2D eigenvalue weighted by atomic mass is 9.71. The maximum Gasteiger partial charge on any atom is 0.408 e. The number of nitrogen functional groups attached to an aromatic ring is 1. The van der Waals surface area contributed by atoms with Gasteiger partial charge in [0.05, 0.1) is 22.2 Å². The highest BCUT2D eigenvalue weighted by Gasteiger charge is 2.41. The quantitative estimate of drug-likeness (QED) is 0.259. The summed E-state index contributed by atoms with van der Waals surface area (Å²) in [5.41, 5.74) is 9.46. The Morgan fingerprint density at radius 3 is 2.24 bits per heavy atom. The molecule has 1 heterocycles. The van der Waals surface area contributed by atoms with Gasteiger partial charge in [-0.05, 0) is 63.3 Å². The van der Waals surface area contributed by atoms with E-state index < -0.39 is 17.2 Å². The van der Waals surface area contributed by atoms with Gasteiger partial charge >= 0.3 is 6.09 Å². The van der Waals surface area contributed by atoms with Crippen molar-refractivity contribution in [2.75, 3.05) is 18.1 Å². The number of alkyl carbamates (subject to hydrolysis) is 1. The van der Waals surface area contributed by atoms with Crippen molar-refractivity contribution in [2.45, 2.75) is 51.2 Å². The molecule has 0 spiro atoms. The fourth-order valence-corrected chi connectivity index (χ4v) is 5.06. The number of nitrogens with one attached hydrogen (secondary N) is 2. The highest BCUT2D eigenvalue weighted by Crippen LogP contribution is 2.43. The molecule has 0 unspecified atom stereocenters. The summed E-state index contributed by atoms with van der Waals surface area (Å²) in [6, 6.07) is 20.8. The number of amides is 1. The predicted molar refractivity (Wildman–Crippen MR) is 152 cm³/mol. The summed E-state index contributed by atoms with van der Waals surface area (Å²) in [4.78, 5) is 26.5. The molecule has 7 heteroatoms. The molecule has 1 aromatic heterocycles. The highest BCUT2D eigenvalue weighted by molar-refractivity contribution is 5.99. The van der Waals surface area contributed by atoms with E-state index >= 15 is 0 Å². The standard InChI is InChI=1S/C31H33N3O4/c1-30(2,3)38-29(36)34-31(17-8-18-31)21-13-11-19(12-14-21)24-26(35)22-15-16-23(32)25(33-4)28(22)37-27(24)20-9-6-5-7-10-20/h5-7,9-16,33H,8,17-18,32H2,1-4H3,(H,34,36). The zero-order chi connectivity index (χ0) is 27.1. The van der Waals surface area contributed by atoms with Crippen molar-refractivity contribution < 1.29 is 13.9 Å². The van der Waals surface area contributed by atoms with Gasteiger partial charge in [0.1, 0.15) is 17.0 Å². The zero-order valence-electron chi connectivity index (χ0n) is 22.2. The number of hydrogen-bond donors (Lipinski definition) is 3. The molecule has 7 nitrogen and oxygen atoms in total. The lowest BCUT2D eigenvalue weighted by Gasteiger charge is -2.43. The van der Waals surface area contributed by atoms with E-state index in [0.29, 0.717) is 33.7 Å². The minimum Gasteiger partial charge on any atom is -0.453 e. The third kappa shape index (κ3) is 4.60. The van der Waals surface area contributed by atoms with Crippen LogP contribution in [-0.2, 0) is 10.3 Å². The second-order valence-corrected chi connectivity index (χ2v) is 10.8. The molecule has 1 fully saturated rings. The van der Waals surface area contributed by atoms with Crippen molar-refractivity contribution in [1.29, 1.82) is 0 Å². The third-order valence-electron chi connectivity index (χ3n) is 7.05. The largest absolute Gasteiger partial charge is 0.453 e. The normalized spacial score (nSPS) is 14.5. The summed E-state index contributed by atoms with van der Waals surface area (Å²) in [6.07, 6.45) is 2.24. The number of anilines is 2. The van der Waals surface area contributed by atoms with Gasteiger partial charge in [-0.25, -0.2) is 4.79 Å². The molecule has 3 aromatic carbocycles. The number of nitrogens with two attached hydrogens (primary N) is 1. The second kappa shape index (κ2) is 9.56. The Morgan fingerprint density at radius 2 is 1.66 bits per heavy atom. The summed E-state index contributed by atoms with van der Waals surface area (Å²) in [5.74, 6) is 0.475. The van der Waals surface area contributed by atoms with E-state index in [2.05, 4.69) is 10.6 Å². The number of hydrogen-bond acceptors (Lipinski definition) is 6. The van der Waals surface area contributed by atoms with Crippen molar-refractivity contribution in [2.24, 2.45) is 0 Å². The Kier molecular flexibility index (Phi) is 6.39. The monoisotopic (exact) mass is 511 g/mol. The van der Waals surface area contributed by atoms with Gasteiger partial charge < -0.3 is 25.5 Å². The first-order valence-corrected chi connectivity index (χ1v) is 12.9. The van der Waals surface area contributed by atoms with E-state index in [1.165, 1.54) is 0 Å². The molecule has 0 radical (unpaired) electrons. The molecular formula is C31H33N3O4.